The zero-order valence-corrected chi connectivity index (χ0v) is 7.01. The molecule has 1 heteroatoms. The van der Waals surface area contributed by atoms with Crippen molar-refractivity contribution in [1.82, 2.24) is 0 Å². The van der Waals surface area contributed by atoms with Crippen LogP contribution in [0.5, 0.6) is 0 Å². The van der Waals surface area contributed by atoms with Crippen molar-refractivity contribution in [3.8, 4) is 0 Å². The molecule has 0 heterocycles. The summed E-state index contributed by atoms with van der Waals surface area (Å²) >= 11 is 0. The van der Waals surface area contributed by atoms with Gasteiger partial charge in [0.25, 0.3) is 0 Å². The lowest BCUT2D eigenvalue weighted by molar-refractivity contribution is 0.968. The molecule has 0 fully saturated rings. The second-order valence-corrected chi connectivity index (χ2v) is 2.83. The molecule has 60 valence electrons. The maximum Gasteiger partial charge on any atom is -0.00368 e. The second kappa shape index (κ2) is 4.14. The quantitative estimate of drug-likeness (QED) is 0.639. The normalized spacial score (nSPS) is 17.3. The highest BCUT2D eigenvalue weighted by Crippen LogP contribution is 2.11. The van der Waals surface area contributed by atoms with E-state index in [1.165, 1.54) is 11.1 Å². The van der Waals surface area contributed by atoms with Gasteiger partial charge in [-0.1, -0.05) is 35.5 Å². The third kappa shape index (κ3) is 2.72. The largest absolute Gasteiger partial charge is 0.330 e. The maximum absolute atomic E-state index is 5.45. The molecule has 2 N–H and O–H groups in total. The van der Waals surface area contributed by atoms with E-state index in [0.29, 0.717) is 0 Å². The third-order valence-corrected chi connectivity index (χ3v) is 1.81. The Kier molecular flexibility index (Phi) is 3.12. The molecule has 0 radical (unpaired) electrons. The number of hydrogen-bond donors (Lipinski definition) is 1. The predicted molar refractivity (Wildman–Crippen MR) is 49.3 cm³/mol. The maximum atomic E-state index is 5.45. The summed E-state index contributed by atoms with van der Waals surface area (Å²) in [6.45, 7) is 2.87. The second-order valence-electron chi connectivity index (χ2n) is 2.83. The van der Waals surface area contributed by atoms with E-state index in [1.54, 1.807) is 0 Å². The molecule has 1 rings (SSSR count). The minimum absolute atomic E-state index is 0.745. The summed E-state index contributed by atoms with van der Waals surface area (Å²) < 4.78 is 0. The summed E-state index contributed by atoms with van der Waals surface area (Å²) in [5.74, 6) is 0. The van der Waals surface area contributed by atoms with Crippen LogP contribution in [0.4, 0.5) is 0 Å². The van der Waals surface area contributed by atoms with Crippen LogP contribution in [0, 0.1) is 0 Å². The molecule has 0 amide bonds. The van der Waals surface area contributed by atoms with Crippen LogP contribution in [-0.4, -0.2) is 6.54 Å². The Morgan fingerprint density at radius 3 is 2.91 bits per heavy atom. The first-order chi connectivity index (χ1) is 5.33. The molecule has 11 heavy (non-hydrogen) atoms. The van der Waals surface area contributed by atoms with Crippen molar-refractivity contribution >= 4 is 0 Å². The van der Waals surface area contributed by atoms with Crippen LogP contribution < -0.4 is 5.73 Å². The monoisotopic (exact) mass is 149 g/mol. The van der Waals surface area contributed by atoms with E-state index in [9.17, 15) is 0 Å². The minimum atomic E-state index is 0.745. The first-order valence-corrected chi connectivity index (χ1v) is 4.07. The first kappa shape index (κ1) is 8.28. The molecule has 0 atom stereocenters. The van der Waals surface area contributed by atoms with Gasteiger partial charge in [-0.25, -0.2) is 0 Å². The van der Waals surface area contributed by atoms with Crippen LogP contribution in [0.2, 0.25) is 0 Å². The molecule has 0 aromatic rings. The summed E-state index contributed by atoms with van der Waals surface area (Å²) in [4.78, 5) is 0. The molecule has 0 aliphatic heterocycles. The average molecular weight is 149 g/mol. The van der Waals surface area contributed by atoms with Crippen LogP contribution in [0.25, 0.3) is 0 Å². The van der Waals surface area contributed by atoms with E-state index >= 15 is 0 Å². The third-order valence-electron chi connectivity index (χ3n) is 1.81. The van der Waals surface area contributed by atoms with Gasteiger partial charge >= 0.3 is 0 Å². The van der Waals surface area contributed by atoms with Gasteiger partial charge in [0, 0.05) is 0 Å². The standard InChI is InChI=1S/C10H15N/c1-9-3-2-4-10(6-5-9)7-8-11/h3-6H,2,7-8,11H2,1H3. The first-order valence-electron chi connectivity index (χ1n) is 4.07. The molecule has 1 aliphatic rings. The SMILES string of the molecule is CC1=CCC=C(CCN)C=C1. The van der Waals surface area contributed by atoms with E-state index in [2.05, 4.69) is 31.2 Å². The Labute approximate surface area is 68.3 Å². The van der Waals surface area contributed by atoms with Gasteiger partial charge in [0.2, 0.25) is 0 Å². The van der Waals surface area contributed by atoms with Crippen LogP contribution in [-0.2, 0) is 0 Å². The lowest BCUT2D eigenvalue weighted by Crippen LogP contribution is -1.98. The van der Waals surface area contributed by atoms with Crippen molar-refractivity contribution in [1.29, 1.82) is 0 Å². The van der Waals surface area contributed by atoms with Crippen molar-refractivity contribution in [3.63, 3.8) is 0 Å². The number of nitrogens with two attached hydrogens (primary N) is 1. The fraction of sp³-hybridized carbons (Fsp3) is 0.400. The van der Waals surface area contributed by atoms with Gasteiger partial charge in [-0.05, 0) is 26.3 Å². The lowest BCUT2D eigenvalue weighted by atomic mass is 10.1. The summed E-state index contributed by atoms with van der Waals surface area (Å²) in [7, 11) is 0. The summed E-state index contributed by atoms with van der Waals surface area (Å²) in [6, 6.07) is 0. The lowest BCUT2D eigenvalue weighted by Gasteiger charge is -1.95. The Hall–Kier alpha value is -0.820. The molecule has 0 saturated heterocycles. The Morgan fingerprint density at radius 1 is 1.36 bits per heavy atom. The number of hydrogen-bond acceptors (Lipinski definition) is 1. The highest BCUT2D eigenvalue weighted by molar-refractivity contribution is 5.31. The zero-order chi connectivity index (χ0) is 8.10. The Bertz CT molecular complexity index is 209. The summed E-state index contributed by atoms with van der Waals surface area (Å²) in [5.41, 5.74) is 8.16. The van der Waals surface area contributed by atoms with Crippen molar-refractivity contribution in [3.05, 3.63) is 35.5 Å². The molecular formula is C10H15N. The van der Waals surface area contributed by atoms with Gasteiger partial charge in [0.1, 0.15) is 0 Å². The van der Waals surface area contributed by atoms with Crippen LogP contribution >= 0.6 is 0 Å². The molecule has 0 spiro atoms. The van der Waals surface area contributed by atoms with Gasteiger partial charge in [0.05, 0.1) is 0 Å². The van der Waals surface area contributed by atoms with E-state index in [0.717, 1.165) is 19.4 Å². The van der Waals surface area contributed by atoms with Gasteiger partial charge in [-0.15, -0.1) is 0 Å². The smallest absolute Gasteiger partial charge is 0.00368 e. The fourth-order valence-corrected chi connectivity index (χ4v) is 1.12. The summed E-state index contributed by atoms with van der Waals surface area (Å²) in [6.07, 6.45) is 10.8. The van der Waals surface area contributed by atoms with Gasteiger partial charge in [-0.2, -0.15) is 0 Å². The highest BCUT2D eigenvalue weighted by atomic mass is 14.5. The van der Waals surface area contributed by atoms with E-state index in [-0.39, 0.29) is 0 Å². The van der Waals surface area contributed by atoms with E-state index in [4.69, 9.17) is 5.73 Å². The van der Waals surface area contributed by atoms with Crippen LogP contribution in [0.3, 0.4) is 0 Å². The molecule has 0 aromatic carbocycles. The molecule has 0 saturated carbocycles. The average Bonchev–Trinajstić information content (AvgIpc) is 2.17. The molecule has 1 nitrogen and oxygen atoms in total. The van der Waals surface area contributed by atoms with E-state index in [1.807, 2.05) is 0 Å². The fourth-order valence-electron chi connectivity index (χ4n) is 1.12. The number of rotatable bonds is 2. The topological polar surface area (TPSA) is 26.0 Å². The molecular weight excluding hydrogens is 134 g/mol. The van der Waals surface area contributed by atoms with Crippen molar-refractivity contribution < 1.29 is 0 Å². The molecule has 1 aliphatic carbocycles. The van der Waals surface area contributed by atoms with E-state index < -0.39 is 0 Å². The molecule has 0 unspecified atom stereocenters. The Morgan fingerprint density at radius 2 is 2.18 bits per heavy atom. The highest BCUT2D eigenvalue weighted by Gasteiger charge is 1.93. The number of allylic oxidation sites excluding steroid dienone is 5. The van der Waals surface area contributed by atoms with Gasteiger partial charge < -0.3 is 5.73 Å². The zero-order valence-electron chi connectivity index (χ0n) is 7.01. The predicted octanol–water partition coefficient (Wildman–Crippen LogP) is 2.17. The molecule has 0 bridgehead atoms. The van der Waals surface area contributed by atoms with Crippen molar-refractivity contribution in [2.75, 3.05) is 6.54 Å². The Balaban J connectivity index is 2.58. The minimum Gasteiger partial charge on any atom is -0.330 e. The van der Waals surface area contributed by atoms with Crippen LogP contribution in [0.1, 0.15) is 19.8 Å². The summed E-state index contributed by atoms with van der Waals surface area (Å²) in [5, 5.41) is 0. The van der Waals surface area contributed by atoms with Crippen molar-refractivity contribution in [2.24, 2.45) is 5.73 Å². The van der Waals surface area contributed by atoms with Gasteiger partial charge in [-0.3, -0.25) is 0 Å². The van der Waals surface area contributed by atoms with Crippen molar-refractivity contribution in [2.45, 2.75) is 19.8 Å². The van der Waals surface area contributed by atoms with Crippen LogP contribution in [0.15, 0.2) is 35.5 Å². The molecule has 0 aromatic heterocycles. The van der Waals surface area contributed by atoms with Gasteiger partial charge in [0.15, 0.2) is 0 Å².